The minimum atomic E-state index is 0.00259. The number of hydrogen-bond acceptors (Lipinski definition) is 2. The lowest BCUT2D eigenvalue weighted by Gasteiger charge is -2.25. The quantitative estimate of drug-likeness (QED) is 0.807. The fourth-order valence-corrected chi connectivity index (χ4v) is 3.56. The summed E-state index contributed by atoms with van der Waals surface area (Å²) in [4.78, 5) is 12.8. The highest BCUT2D eigenvalue weighted by Crippen LogP contribution is 2.28. The van der Waals surface area contributed by atoms with Gasteiger partial charge in [0.15, 0.2) is 0 Å². The molecule has 3 nitrogen and oxygen atoms in total. The predicted molar refractivity (Wildman–Crippen MR) is 89.2 cm³/mol. The molecule has 0 aromatic heterocycles. The summed E-state index contributed by atoms with van der Waals surface area (Å²) in [6, 6.07) is 7.34. The first kappa shape index (κ1) is 16.3. The summed E-state index contributed by atoms with van der Waals surface area (Å²) in [5.41, 5.74) is 0.692. The van der Waals surface area contributed by atoms with Crippen molar-refractivity contribution in [2.75, 3.05) is 6.54 Å². The van der Waals surface area contributed by atoms with Crippen LogP contribution in [0.4, 0.5) is 0 Å². The van der Waals surface area contributed by atoms with Crippen LogP contribution in [0.3, 0.4) is 0 Å². The Balaban J connectivity index is 1.82. The third kappa shape index (κ3) is 5.34. The van der Waals surface area contributed by atoms with Gasteiger partial charge in [-0.15, -0.1) is 0 Å². The van der Waals surface area contributed by atoms with Gasteiger partial charge in [-0.05, 0) is 63.3 Å². The van der Waals surface area contributed by atoms with Gasteiger partial charge in [0.25, 0.3) is 5.91 Å². The van der Waals surface area contributed by atoms with Gasteiger partial charge >= 0.3 is 0 Å². The van der Waals surface area contributed by atoms with Crippen molar-refractivity contribution in [3.63, 3.8) is 0 Å². The number of carbonyl (C=O) groups is 1. The first-order valence-corrected chi connectivity index (χ1v) is 8.65. The van der Waals surface area contributed by atoms with E-state index < -0.39 is 0 Å². The van der Waals surface area contributed by atoms with E-state index in [0.717, 1.165) is 18.7 Å². The molecule has 21 heavy (non-hydrogen) atoms. The Hall–Kier alpha value is -1.03. The van der Waals surface area contributed by atoms with Crippen LogP contribution in [0.15, 0.2) is 24.3 Å². The van der Waals surface area contributed by atoms with Crippen LogP contribution in [0, 0.1) is 5.92 Å². The standard InChI is InChI=1S/C17H24BrNO2/c1-12(2)21-16-8-6-14(7-9-16)17(20)19-11-13-4-3-5-15(18)10-13/h6-9,12-13,15H,3-5,10-11H2,1-2H3,(H,19,20). The van der Waals surface area contributed by atoms with E-state index >= 15 is 0 Å². The van der Waals surface area contributed by atoms with Crippen LogP contribution >= 0.6 is 15.9 Å². The Morgan fingerprint density at radius 3 is 2.67 bits per heavy atom. The summed E-state index contributed by atoms with van der Waals surface area (Å²) in [6.07, 6.45) is 5.01. The number of benzene rings is 1. The van der Waals surface area contributed by atoms with E-state index in [9.17, 15) is 4.79 Å². The van der Waals surface area contributed by atoms with Crippen molar-refractivity contribution >= 4 is 21.8 Å². The molecule has 1 aliphatic carbocycles. The molecule has 0 spiro atoms. The van der Waals surface area contributed by atoms with Crippen molar-refractivity contribution in [3.8, 4) is 5.75 Å². The van der Waals surface area contributed by atoms with Crippen LogP contribution in [-0.4, -0.2) is 23.4 Å². The molecule has 1 aliphatic rings. The maximum Gasteiger partial charge on any atom is 0.251 e. The van der Waals surface area contributed by atoms with Crippen molar-refractivity contribution < 1.29 is 9.53 Å². The van der Waals surface area contributed by atoms with Crippen LogP contribution < -0.4 is 10.1 Å². The average molecular weight is 354 g/mol. The van der Waals surface area contributed by atoms with Gasteiger partial charge in [-0.3, -0.25) is 4.79 Å². The SMILES string of the molecule is CC(C)Oc1ccc(C(=O)NCC2CCCC(Br)C2)cc1. The molecular formula is C17H24BrNO2. The highest BCUT2D eigenvalue weighted by molar-refractivity contribution is 9.09. The summed E-state index contributed by atoms with van der Waals surface area (Å²) in [7, 11) is 0. The Morgan fingerprint density at radius 1 is 1.33 bits per heavy atom. The molecule has 1 N–H and O–H groups in total. The Bertz CT molecular complexity index is 458. The smallest absolute Gasteiger partial charge is 0.251 e. The first-order chi connectivity index (χ1) is 10.0. The van der Waals surface area contributed by atoms with Crippen LogP contribution in [0.5, 0.6) is 5.75 Å². The van der Waals surface area contributed by atoms with Gasteiger partial charge in [-0.1, -0.05) is 22.4 Å². The number of alkyl halides is 1. The molecule has 116 valence electrons. The number of amides is 1. The van der Waals surface area contributed by atoms with Crippen LogP contribution in [0.25, 0.3) is 0 Å². The molecule has 0 bridgehead atoms. The molecule has 1 aromatic rings. The van der Waals surface area contributed by atoms with Gasteiger partial charge in [0, 0.05) is 16.9 Å². The normalized spacial score (nSPS) is 22.1. The van der Waals surface area contributed by atoms with Crippen molar-refractivity contribution in [3.05, 3.63) is 29.8 Å². The van der Waals surface area contributed by atoms with E-state index in [1.165, 1.54) is 19.3 Å². The zero-order valence-corrected chi connectivity index (χ0v) is 14.4. The second-order valence-corrected chi connectivity index (χ2v) is 7.33. The van der Waals surface area contributed by atoms with E-state index in [4.69, 9.17) is 4.74 Å². The van der Waals surface area contributed by atoms with Gasteiger partial charge in [-0.2, -0.15) is 0 Å². The highest BCUT2D eigenvalue weighted by Gasteiger charge is 2.20. The summed E-state index contributed by atoms with van der Waals surface area (Å²) < 4.78 is 5.58. The van der Waals surface area contributed by atoms with Crippen LogP contribution in [0.1, 0.15) is 49.9 Å². The number of carbonyl (C=O) groups excluding carboxylic acids is 1. The van der Waals surface area contributed by atoms with Crippen molar-refractivity contribution in [1.29, 1.82) is 0 Å². The lowest BCUT2D eigenvalue weighted by atomic mass is 9.89. The summed E-state index contributed by atoms with van der Waals surface area (Å²) in [6.45, 7) is 4.75. The van der Waals surface area contributed by atoms with Gasteiger partial charge in [0.2, 0.25) is 0 Å². The zero-order chi connectivity index (χ0) is 15.2. The molecule has 1 saturated carbocycles. The molecule has 0 heterocycles. The van der Waals surface area contributed by atoms with Crippen molar-refractivity contribution in [2.24, 2.45) is 5.92 Å². The van der Waals surface area contributed by atoms with Gasteiger partial charge in [-0.25, -0.2) is 0 Å². The largest absolute Gasteiger partial charge is 0.491 e. The molecule has 0 saturated heterocycles. The minimum Gasteiger partial charge on any atom is -0.491 e. The van der Waals surface area contributed by atoms with E-state index in [2.05, 4.69) is 21.2 Å². The first-order valence-electron chi connectivity index (χ1n) is 7.73. The maximum atomic E-state index is 12.1. The molecule has 4 heteroatoms. The molecule has 0 radical (unpaired) electrons. The Morgan fingerprint density at radius 2 is 2.05 bits per heavy atom. The summed E-state index contributed by atoms with van der Waals surface area (Å²) >= 11 is 3.68. The Kier molecular flexibility index (Phi) is 6.09. The summed E-state index contributed by atoms with van der Waals surface area (Å²) in [5.74, 6) is 1.40. The lowest BCUT2D eigenvalue weighted by Crippen LogP contribution is -2.31. The van der Waals surface area contributed by atoms with E-state index in [1.807, 2.05) is 38.1 Å². The molecule has 1 amide bonds. The number of rotatable bonds is 5. The van der Waals surface area contributed by atoms with Crippen LogP contribution in [-0.2, 0) is 0 Å². The molecule has 1 fully saturated rings. The molecule has 0 aliphatic heterocycles. The van der Waals surface area contributed by atoms with E-state index in [1.54, 1.807) is 0 Å². The third-order valence-corrected chi connectivity index (χ3v) is 4.59. The monoisotopic (exact) mass is 353 g/mol. The van der Waals surface area contributed by atoms with Gasteiger partial charge in [0.05, 0.1) is 6.10 Å². The minimum absolute atomic E-state index is 0.00259. The number of hydrogen-bond donors (Lipinski definition) is 1. The van der Waals surface area contributed by atoms with Crippen molar-refractivity contribution in [1.82, 2.24) is 5.32 Å². The predicted octanol–water partition coefficient (Wildman–Crippen LogP) is 4.16. The third-order valence-electron chi connectivity index (χ3n) is 3.76. The van der Waals surface area contributed by atoms with E-state index in [-0.39, 0.29) is 12.0 Å². The summed E-state index contributed by atoms with van der Waals surface area (Å²) in [5, 5.41) is 3.05. The maximum absolute atomic E-state index is 12.1. The highest BCUT2D eigenvalue weighted by atomic mass is 79.9. The second-order valence-electron chi connectivity index (χ2n) is 6.03. The lowest BCUT2D eigenvalue weighted by molar-refractivity contribution is 0.0944. The molecule has 1 aromatic carbocycles. The van der Waals surface area contributed by atoms with Gasteiger partial charge in [0.1, 0.15) is 5.75 Å². The number of nitrogens with one attached hydrogen (secondary N) is 1. The number of halogens is 1. The second kappa shape index (κ2) is 7.83. The molecule has 2 atom stereocenters. The number of ether oxygens (including phenoxy) is 1. The van der Waals surface area contributed by atoms with Crippen LogP contribution in [0.2, 0.25) is 0 Å². The van der Waals surface area contributed by atoms with E-state index in [0.29, 0.717) is 16.3 Å². The molecule has 2 rings (SSSR count). The molecular weight excluding hydrogens is 330 g/mol. The fourth-order valence-electron chi connectivity index (χ4n) is 2.71. The topological polar surface area (TPSA) is 38.3 Å². The fraction of sp³-hybridized carbons (Fsp3) is 0.588. The average Bonchev–Trinajstić information content (AvgIpc) is 2.45. The Labute approximate surface area is 135 Å². The zero-order valence-electron chi connectivity index (χ0n) is 12.8. The molecule has 2 unspecified atom stereocenters. The van der Waals surface area contributed by atoms with Gasteiger partial charge < -0.3 is 10.1 Å². The van der Waals surface area contributed by atoms with Crippen molar-refractivity contribution in [2.45, 2.75) is 50.5 Å².